The summed E-state index contributed by atoms with van der Waals surface area (Å²) in [7, 11) is 0. The molecule has 0 aromatic heterocycles. The molecule has 1 rings (SSSR count). The molecule has 0 heterocycles. The highest BCUT2D eigenvalue weighted by Crippen LogP contribution is 2.22. The normalized spacial score (nSPS) is 10.7. The molecule has 0 aliphatic carbocycles. The molecular weight excluding hydrogens is 288 g/mol. The van der Waals surface area contributed by atoms with Gasteiger partial charge in [0.25, 0.3) is 0 Å². The highest BCUT2D eigenvalue weighted by atomic mass is 35.5. The van der Waals surface area contributed by atoms with Gasteiger partial charge in [0.1, 0.15) is 0 Å². The number of nitriles is 1. The predicted octanol–water partition coefficient (Wildman–Crippen LogP) is 2.87. The summed E-state index contributed by atoms with van der Waals surface area (Å²) in [6.07, 6.45) is 0.815. The fourth-order valence-electron chi connectivity index (χ4n) is 1.93. The molecule has 6 heteroatoms. The minimum Gasteiger partial charge on any atom is -0.397 e. The molecule has 0 spiro atoms. The summed E-state index contributed by atoms with van der Waals surface area (Å²) >= 11 is 5.81. The molecule has 1 aromatic carbocycles. The quantitative estimate of drug-likeness (QED) is 0.759. The summed E-state index contributed by atoms with van der Waals surface area (Å²) < 4.78 is 0. The SMILES string of the molecule is CC(C)N(CCC#N)CCC(=O)Nc1ccc(Cl)cc1N. The Morgan fingerprint density at radius 3 is 2.76 bits per heavy atom. The Kier molecular flexibility index (Phi) is 7.00. The first-order valence-electron chi connectivity index (χ1n) is 6.90. The van der Waals surface area contributed by atoms with Crippen molar-refractivity contribution in [2.75, 3.05) is 24.1 Å². The zero-order chi connectivity index (χ0) is 15.8. The number of nitrogen functional groups attached to an aromatic ring is 1. The number of hydrogen-bond acceptors (Lipinski definition) is 4. The molecule has 3 N–H and O–H groups in total. The zero-order valence-corrected chi connectivity index (χ0v) is 13.2. The van der Waals surface area contributed by atoms with Crippen LogP contribution in [0.2, 0.25) is 5.02 Å². The van der Waals surface area contributed by atoms with E-state index in [0.29, 0.717) is 48.4 Å². The third-order valence-electron chi connectivity index (χ3n) is 3.15. The standard InChI is InChI=1S/C15H21ClN4O/c1-11(2)20(8-3-7-17)9-6-15(21)19-14-5-4-12(16)10-13(14)18/h4-5,10-11H,3,6,8-9,18H2,1-2H3,(H,19,21). The van der Waals surface area contributed by atoms with Gasteiger partial charge in [-0.25, -0.2) is 0 Å². The number of benzene rings is 1. The van der Waals surface area contributed by atoms with E-state index in [1.807, 2.05) is 13.8 Å². The van der Waals surface area contributed by atoms with Gasteiger partial charge < -0.3 is 11.1 Å². The van der Waals surface area contributed by atoms with Crippen LogP contribution < -0.4 is 11.1 Å². The number of carbonyl (C=O) groups excluding carboxylic acids is 1. The van der Waals surface area contributed by atoms with Crippen LogP contribution >= 0.6 is 11.6 Å². The van der Waals surface area contributed by atoms with E-state index in [-0.39, 0.29) is 5.91 Å². The van der Waals surface area contributed by atoms with Gasteiger partial charge >= 0.3 is 0 Å². The summed E-state index contributed by atoms with van der Waals surface area (Å²) in [5.41, 5.74) is 6.81. The summed E-state index contributed by atoms with van der Waals surface area (Å²) in [6, 6.07) is 7.39. The van der Waals surface area contributed by atoms with Crippen molar-refractivity contribution in [3.63, 3.8) is 0 Å². The van der Waals surface area contributed by atoms with Crippen molar-refractivity contribution in [2.24, 2.45) is 0 Å². The van der Waals surface area contributed by atoms with Gasteiger partial charge in [0.15, 0.2) is 0 Å². The topological polar surface area (TPSA) is 82.2 Å². The maximum Gasteiger partial charge on any atom is 0.225 e. The van der Waals surface area contributed by atoms with Crippen LogP contribution in [0.1, 0.15) is 26.7 Å². The zero-order valence-electron chi connectivity index (χ0n) is 12.4. The molecule has 5 nitrogen and oxygen atoms in total. The molecule has 1 amide bonds. The van der Waals surface area contributed by atoms with E-state index < -0.39 is 0 Å². The molecule has 0 bridgehead atoms. The lowest BCUT2D eigenvalue weighted by molar-refractivity contribution is -0.116. The summed E-state index contributed by atoms with van der Waals surface area (Å²) in [5.74, 6) is -0.105. The number of nitrogens with two attached hydrogens (primary N) is 1. The minimum atomic E-state index is -0.105. The first-order valence-corrected chi connectivity index (χ1v) is 7.27. The number of anilines is 2. The minimum absolute atomic E-state index is 0.105. The summed E-state index contributed by atoms with van der Waals surface area (Å²) in [5, 5.41) is 12.0. The lowest BCUT2D eigenvalue weighted by Gasteiger charge is -2.25. The van der Waals surface area contributed by atoms with Crippen molar-refractivity contribution in [3.05, 3.63) is 23.2 Å². The third-order valence-corrected chi connectivity index (χ3v) is 3.39. The van der Waals surface area contributed by atoms with Gasteiger partial charge in [-0.3, -0.25) is 9.69 Å². The lowest BCUT2D eigenvalue weighted by atomic mass is 10.2. The monoisotopic (exact) mass is 308 g/mol. The van der Waals surface area contributed by atoms with Crippen LogP contribution in [0.3, 0.4) is 0 Å². The molecule has 0 radical (unpaired) electrons. The molecule has 0 aliphatic heterocycles. The average Bonchev–Trinajstić information content (AvgIpc) is 2.41. The van der Waals surface area contributed by atoms with Gasteiger partial charge in [-0.2, -0.15) is 5.26 Å². The average molecular weight is 309 g/mol. The smallest absolute Gasteiger partial charge is 0.225 e. The fraction of sp³-hybridized carbons (Fsp3) is 0.467. The maximum atomic E-state index is 12.0. The first-order chi connectivity index (χ1) is 9.93. The van der Waals surface area contributed by atoms with Gasteiger partial charge in [0, 0.05) is 37.0 Å². The lowest BCUT2D eigenvalue weighted by Crippen LogP contribution is -2.34. The largest absolute Gasteiger partial charge is 0.397 e. The van der Waals surface area contributed by atoms with E-state index in [9.17, 15) is 4.79 Å². The van der Waals surface area contributed by atoms with Gasteiger partial charge in [0.05, 0.1) is 17.4 Å². The molecule has 0 saturated heterocycles. The van der Waals surface area contributed by atoms with E-state index in [2.05, 4.69) is 16.3 Å². The van der Waals surface area contributed by atoms with E-state index in [0.717, 1.165) is 0 Å². The van der Waals surface area contributed by atoms with E-state index in [4.69, 9.17) is 22.6 Å². The first kappa shape index (κ1) is 17.3. The van der Waals surface area contributed by atoms with E-state index in [1.54, 1.807) is 18.2 Å². The van der Waals surface area contributed by atoms with Crippen LogP contribution in [0.25, 0.3) is 0 Å². The van der Waals surface area contributed by atoms with Crippen molar-refractivity contribution >= 4 is 28.9 Å². The summed E-state index contributed by atoms with van der Waals surface area (Å²) in [6.45, 7) is 5.38. The van der Waals surface area contributed by atoms with Gasteiger partial charge in [-0.1, -0.05) is 11.6 Å². The second-order valence-corrected chi connectivity index (χ2v) is 5.50. The number of amides is 1. The van der Waals surface area contributed by atoms with Crippen molar-refractivity contribution in [3.8, 4) is 6.07 Å². The second kappa shape index (κ2) is 8.50. The fourth-order valence-corrected chi connectivity index (χ4v) is 2.11. The highest BCUT2D eigenvalue weighted by molar-refractivity contribution is 6.31. The molecule has 0 aliphatic rings. The maximum absolute atomic E-state index is 12.0. The van der Waals surface area contributed by atoms with Crippen LogP contribution in [0.4, 0.5) is 11.4 Å². The molecular formula is C15H21ClN4O. The van der Waals surface area contributed by atoms with Crippen molar-refractivity contribution in [1.29, 1.82) is 5.26 Å². The van der Waals surface area contributed by atoms with Crippen molar-refractivity contribution in [2.45, 2.75) is 32.7 Å². The molecule has 0 saturated carbocycles. The summed E-state index contributed by atoms with van der Waals surface area (Å²) in [4.78, 5) is 14.1. The molecule has 1 aromatic rings. The molecule has 21 heavy (non-hydrogen) atoms. The van der Waals surface area contributed by atoms with Crippen LogP contribution in [0.5, 0.6) is 0 Å². The molecule has 0 unspecified atom stereocenters. The van der Waals surface area contributed by atoms with Crippen LogP contribution in [0.15, 0.2) is 18.2 Å². The van der Waals surface area contributed by atoms with Crippen LogP contribution in [-0.2, 0) is 4.79 Å². The Labute approximate surface area is 130 Å². The molecule has 114 valence electrons. The van der Waals surface area contributed by atoms with E-state index >= 15 is 0 Å². The number of nitrogens with one attached hydrogen (secondary N) is 1. The van der Waals surface area contributed by atoms with Crippen molar-refractivity contribution in [1.82, 2.24) is 4.90 Å². The Hall–Kier alpha value is -1.77. The van der Waals surface area contributed by atoms with Gasteiger partial charge in [-0.05, 0) is 32.0 Å². The Bertz CT molecular complexity index is 525. The van der Waals surface area contributed by atoms with Gasteiger partial charge in [0.2, 0.25) is 5.91 Å². The molecule has 0 atom stereocenters. The number of rotatable bonds is 7. The number of nitrogens with zero attached hydrogens (tertiary/aromatic N) is 2. The Morgan fingerprint density at radius 1 is 1.48 bits per heavy atom. The highest BCUT2D eigenvalue weighted by Gasteiger charge is 2.12. The molecule has 0 fully saturated rings. The second-order valence-electron chi connectivity index (χ2n) is 5.07. The Balaban J connectivity index is 2.51. The van der Waals surface area contributed by atoms with Crippen molar-refractivity contribution < 1.29 is 4.79 Å². The predicted molar refractivity (Wildman–Crippen MR) is 86.1 cm³/mol. The van der Waals surface area contributed by atoms with Crippen LogP contribution in [0, 0.1) is 11.3 Å². The van der Waals surface area contributed by atoms with Crippen LogP contribution in [-0.4, -0.2) is 29.9 Å². The number of carbonyl (C=O) groups is 1. The van der Waals surface area contributed by atoms with E-state index in [1.165, 1.54) is 0 Å². The third kappa shape index (κ3) is 6.03. The number of hydrogen-bond donors (Lipinski definition) is 2. The number of halogens is 1. The Morgan fingerprint density at radius 2 is 2.19 bits per heavy atom. The van der Waals surface area contributed by atoms with Gasteiger partial charge in [-0.15, -0.1) is 0 Å².